The number of rotatable bonds is 4. The Hall–Kier alpha value is -2.40. The zero-order chi connectivity index (χ0) is 17.2. The lowest BCUT2D eigenvalue weighted by atomic mass is 9.81. The van der Waals surface area contributed by atoms with Crippen LogP contribution >= 0.6 is 0 Å². The molecule has 2 aromatic rings. The van der Waals surface area contributed by atoms with Crippen LogP contribution in [0.1, 0.15) is 33.8 Å². The smallest absolute Gasteiger partial charge is 0.251 e. The van der Waals surface area contributed by atoms with Crippen molar-refractivity contribution in [3.8, 4) is 5.75 Å². The van der Waals surface area contributed by atoms with Gasteiger partial charge in [-0.15, -0.1) is 0 Å². The summed E-state index contributed by atoms with van der Waals surface area (Å²) in [5, 5.41) is 5.14. The second kappa shape index (κ2) is 6.84. The van der Waals surface area contributed by atoms with Crippen LogP contribution < -0.4 is 15.4 Å². The molecule has 1 amide bonds. The Labute approximate surface area is 146 Å². The summed E-state index contributed by atoms with van der Waals surface area (Å²) in [6.45, 7) is 3.29. The number of ether oxygens (including phenoxy) is 1. The summed E-state index contributed by atoms with van der Waals surface area (Å²) < 4.78 is 19.2. The lowest BCUT2D eigenvalue weighted by molar-refractivity contribution is -0.670. The Morgan fingerprint density at radius 1 is 1.20 bits per heavy atom. The van der Waals surface area contributed by atoms with Crippen molar-refractivity contribution in [2.24, 2.45) is 5.92 Å². The fraction of sp³-hybridized carbons (Fsp3) is 0.350. The van der Waals surface area contributed by atoms with Crippen LogP contribution in [-0.2, 0) is 6.54 Å². The molecule has 5 heteroatoms. The van der Waals surface area contributed by atoms with E-state index in [-0.39, 0.29) is 11.7 Å². The molecule has 0 aliphatic carbocycles. The van der Waals surface area contributed by atoms with Gasteiger partial charge in [0, 0.05) is 30.4 Å². The second-order valence-electron chi connectivity index (χ2n) is 6.83. The minimum absolute atomic E-state index is 0.0141. The van der Waals surface area contributed by atoms with Crippen molar-refractivity contribution in [1.82, 2.24) is 5.32 Å². The van der Waals surface area contributed by atoms with Crippen molar-refractivity contribution >= 4 is 5.91 Å². The third kappa shape index (κ3) is 3.37. The minimum atomic E-state index is -0.194. The van der Waals surface area contributed by atoms with Crippen LogP contribution in [0.3, 0.4) is 0 Å². The minimum Gasteiger partial charge on any atom is -0.493 e. The number of carbonyl (C=O) groups excluding carboxylic acids is 1. The van der Waals surface area contributed by atoms with Gasteiger partial charge in [0.25, 0.3) is 5.91 Å². The molecule has 3 N–H and O–H groups in total. The van der Waals surface area contributed by atoms with Gasteiger partial charge >= 0.3 is 0 Å². The van der Waals surface area contributed by atoms with Crippen molar-refractivity contribution in [2.45, 2.75) is 18.9 Å². The van der Waals surface area contributed by atoms with Gasteiger partial charge in [0.15, 0.2) is 0 Å². The fourth-order valence-corrected chi connectivity index (χ4v) is 3.86. The van der Waals surface area contributed by atoms with Crippen molar-refractivity contribution < 1.29 is 19.2 Å². The molecule has 2 heterocycles. The van der Waals surface area contributed by atoms with E-state index < -0.39 is 0 Å². The molecule has 130 valence electrons. The lowest BCUT2D eigenvalue weighted by Crippen LogP contribution is -2.88. The van der Waals surface area contributed by atoms with Crippen LogP contribution in [0.4, 0.5) is 4.39 Å². The van der Waals surface area contributed by atoms with Gasteiger partial charge in [-0.05, 0) is 41.5 Å². The Kier molecular flexibility index (Phi) is 4.40. The first-order chi connectivity index (χ1) is 12.2. The molecule has 4 rings (SSSR count). The zero-order valence-corrected chi connectivity index (χ0v) is 14.0. The molecule has 2 aliphatic heterocycles. The van der Waals surface area contributed by atoms with Gasteiger partial charge < -0.3 is 15.4 Å². The lowest BCUT2D eigenvalue weighted by Gasteiger charge is -2.30. The van der Waals surface area contributed by atoms with Gasteiger partial charge in [-0.25, -0.2) is 4.39 Å². The van der Waals surface area contributed by atoms with E-state index in [4.69, 9.17) is 4.74 Å². The van der Waals surface area contributed by atoms with Crippen LogP contribution in [0, 0.1) is 11.7 Å². The van der Waals surface area contributed by atoms with E-state index in [1.54, 1.807) is 0 Å². The number of piperidine rings is 1. The fourth-order valence-electron chi connectivity index (χ4n) is 3.86. The van der Waals surface area contributed by atoms with Crippen LogP contribution in [0.15, 0.2) is 42.5 Å². The summed E-state index contributed by atoms with van der Waals surface area (Å²) in [6.07, 6.45) is 1.07. The maximum absolute atomic E-state index is 13.2. The van der Waals surface area contributed by atoms with Crippen molar-refractivity contribution in [3.63, 3.8) is 0 Å². The van der Waals surface area contributed by atoms with Gasteiger partial charge in [0.1, 0.15) is 11.6 Å². The van der Waals surface area contributed by atoms with E-state index in [9.17, 15) is 9.18 Å². The van der Waals surface area contributed by atoms with Crippen molar-refractivity contribution in [3.05, 3.63) is 65.0 Å². The van der Waals surface area contributed by atoms with Crippen molar-refractivity contribution in [1.29, 1.82) is 0 Å². The molecule has 0 saturated carbocycles. The standard InChI is InChI=1S/C20H21FN2O2/c21-16-3-1-13(2-4-16)18-7-8-22-10-15(18)12-25-17-5-6-19-14(9-17)11-23-20(19)24/h1-6,9,15,18,22H,7-8,10-12H2,(H,23,24)/p+1/t15-,18-/m0/s1. The molecule has 1 fully saturated rings. The molecule has 25 heavy (non-hydrogen) atoms. The Morgan fingerprint density at radius 3 is 2.88 bits per heavy atom. The van der Waals surface area contributed by atoms with Crippen LogP contribution in [0.2, 0.25) is 0 Å². The molecule has 1 saturated heterocycles. The highest BCUT2D eigenvalue weighted by atomic mass is 19.1. The molecule has 2 atom stereocenters. The monoisotopic (exact) mass is 341 g/mol. The highest BCUT2D eigenvalue weighted by Crippen LogP contribution is 2.30. The number of nitrogens with two attached hydrogens (primary N) is 1. The van der Waals surface area contributed by atoms with E-state index in [1.165, 1.54) is 17.7 Å². The number of amides is 1. The predicted octanol–water partition coefficient (Wildman–Crippen LogP) is 1.81. The first-order valence-corrected chi connectivity index (χ1v) is 8.82. The van der Waals surface area contributed by atoms with Crippen LogP contribution in [0.5, 0.6) is 5.75 Å². The molecule has 2 aliphatic rings. The number of carbonyl (C=O) groups is 1. The first kappa shape index (κ1) is 16.1. The molecule has 2 aromatic carbocycles. The number of benzene rings is 2. The number of hydrogen-bond donors (Lipinski definition) is 2. The van der Waals surface area contributed by atoms with E-state index in [1.807, 2.05) is 30.3 Å². The van der Waals surface area contributed by atoms with E-state index >= 15 is 0 Å². The highest BCUT2D eigenvalue weighted by Gasteiger charge is 2.29. The molecule has 4 nitrogen and oxygen atoms in total. The Morgan fingerprint density at radius 2 is 2.04 bits per heavy atom. The van der Waals surface area contributed by atoms with Crippen LogP contribution in [-0.4, -0.2) is 25.6 Å². The average Bonchev–Trinajstić information content (AvgIpc) is 3.01. The molecule has 0 bridgehead atoms. The molecule has 0 unspecified atom stereocenters. The van der Waals surface area contributed by atoms with Gasteiger partial charge in [0.05, 0.1) is 19.7 Å². The topological polar surface area (TPSA) is 54.9 Å². The quantitative estimate of drug-likeness (QED) is 0.891. The van der Waals surface area contributed by atoms with E-state index in [2.05, 4.69) is 10.6 Å². The number of nitrogens with one attached hydrogen (secondary N) is 1. The molecular formula is C20H22FN2O2+. The average molecular weight is 341 g/mol. The van der Waals surface area contributed by atoms with E-state index in [0.29, 0.717) is 25.0 Å². The zero-order valence-electron chi connectivity index (χ0n) is 14.0. The number of halogens is 1. The summed E-state index contributed by atoms with van der Waals surface area (Å²) in [4.78, 5) is 11.6. The number of hydrogen-bond acceptors (Lipinski definition) is 2. The summed E-state index contributed by atoms with van der Waals surface area (Å²) in [6, 6.07) is 12.5. The normalized spacial score (nSPS) is 22.4. The highest BCUT2D eigenvalue weighted by molar-refractivity contribution is 5.98. The summed E-state index contributed by atoms with van der Waals surface area (Å²) in [7, 11) is 0. The summed E-state index contributed by atoms with van der Waals surface area (Å²) in [5.41, 5.74) is 2.92. The van der Waals surface area contributed by atoms with Gasteiger partial charge in [-0.3, -0.25) is 4.79 Å². The number of fused-ring (bicyclic) bond motifs is 1. The predicted molar refractivity (Wildman–Crippen MR) is 92.0 cm³/mol. The third-order valence-electron chi connectivity index (χ3n) is 5.24. The molecular weight excluding hydrogens is 319 g/mol. The van der Waals surface area contributed by atoms with Gasteiger partial charge in [-0.1, -0.05) is 12.1 Å². The maximum Gasteiger partial charge on any atom is 0.251 e. The first-order valence-electron chi connectivity index (χ1n) is 8.82. The molecule has 0 radical (unpaired) electrons. The number of quaternary nitrogens is 1. The van der Waals surface area contributed by atoms with Crippen molar-refractivity contribution in [2.75, 3.05) is 19.7 Å². The Bertz CT molecular complexity index is 776. The Balaban J connectivity index is 1.45. The second-order valence-corrected chi connectivity index (χ2v) is 6.83. The molecule has 0 spiro atoms. The SMILES string of the molecule is O=C1NCc2cc(OC[C@@H]3C[NH2+]CC[C@H]3c3ccc(F)cc3)ccc21. The van der Waals surface area contributed by atoms with E-state index in [0.717, 1.165) is 36.4 Å². The maximum atomic E-state index is 13.2. The molecule has 0 aromatic heterocycles. The van der Waals surface area contributed by atoms with Crippen LogP contribution in [0.25, 0.3) is 0 Å². The van der Waals surface area contributed by atoms with Gasteiger partial charge in [0.2, 0.25) is 0 Å². The third-order valence-corrected chi connectivity index (χ3v) is 5.24. The summed E-state index contributed by atoms with van der Waals surface area (Å²) >= 11 is 0. The summed E-state index contributed by atoms with van der Waals surface area (Å²) in [5.74, 6) is 1.37. The largest absolute Gasteiger partial charge is 0.493 e. The van der Waals surface area contributed by atoms with Gasteiger partial charge in [-0.2, -0.15) is 0 Å².